The van der Waals surface area contributed by atoms with Crippen molar-refractivity contribution in [1.29, 1.82) is 0 Å². The molecule has 3 rings (SSSR count). The van der Waals surface area contributed by atoms with E-state index in [0.29, 0.717) is 11.5 Å². The van der Waals surface area contributed by atoms with Crippen LogP contribution in [0.3, 0.4) is 0 Å². The van der Waals surface area contributed by atoms with Crippen LogP contribution in [0.25, 0.3) is 22.8 Å². The summed E-state index contributed by atoms with van der Waals surface area (Å²) < 4.78 is 1.85. The molecule has 0 aliphatic carbocycles. The molecule has 0 saturated carbocycles. The van der Waals surface area contributed by atoms with Crippen LogP contribution >= 0.6 is 0 Å². The molecular formula is C16H16N4O. The van der Waals surface area contributed by atoms with Crippen LogP contribution in [-0.2, 0) is 6.54 Å². The zero-order valence-electron chi connectivity index (χ0n) is 11.8. The number of benzene rings is 1. The van der Waals surface area contributed by atoms with Crippen LogP contribution < -0.4 is 5.56 Å². The largest absolute Gasteiger partial charge is 0.305 e. The van der Waals surface area contributed by atoms with Crippen LogP contribution in [0.1, 0.15) is 13.3 Å². The van der Waals surface area contributed by atoms with Crippen molar-refractivity contribution >= 4 is 0 Å². The molecule has 0 aliphatic rings. The second-order valence-electron chi connectivity index (χ2n) is 4.78. The summed E-state index contributed by atoms with van der Waals surface area (Å²) >= 11 is 0. The van der Waals surface area contributed by atoms with Gasteiger partial charge in [-0.15, -0.1) is 0 Å². The van der Waals surface area contributed by atoms with Gasteiger partial charge in [-0.25, -0.2) is 4.98 Å². The summed E-state index contributed by atoms with van der Waals surface area (Å²) in [5.41, 5.74) is 2.25. The summed E-state index contributed by atoms with van der Waals surface area (Å²) in [7, 11) is 0. The molecule has 0 bridgehead atoms. The molecule has 5 nitrogen and oxygen atoms in total. The Morgan fingerprint density at radius 3 is 2.76 bits per heavy atom. The maximum absolute atomic E-state index is 11.9. The number of hydrogen-bond donors (Lipinski definition) is 1. The highest BCUT2D eigenvalue weighted by Gasteiger charge is 2.10. The summed E-state index contributed by atoms with van der Waals surface area (Å²) in [6, 6.07) is 13.1. The third kappa shape index (κ3) is 2.76. The second-order valence-corrected chi connectivity index (χ2v) is 4.78. The highest BCUT2D eigenvalue weighted by atomic mass is 16.1. The number of H-pyrrole nitrogens is 1. The van der Waals surface area contributed by atoms with Crippen molar-refractivity contribution in [3.8, 4) is 22.8 Å². The molecule has 106 valence electrons. The molecule has 0 saturated heterocycles. The standard InChI is InChI=1S/C16H16N4O/c1-2-10-20-14(8-9-17-20)16-18-13(11-15(21)19-16)12-6-4-3-5-7-12/h3-9,11H,2,10H2,1H3,(H,18,19,21). The van der Waals surface area contributed by atoms with Gasteiger partial charge in [0.05, 0.1) is 5.69 Å². The van der Waals surface area contributed by atoms with Gasteiger partial charge < -0.3 is 4.98 Å². The fourth-order valence-electron chi connectivity index (χ4n) is 2.26. The lowest BCUT2D eigenvalue weighted by molar-refractivity contribution is 0.606. The van der Waals surface area contributed by atoms with Crippen molar-refractivity contribution in [2.24, 2.45) is 0 Å². The van der Waals surface area contributed by atoms with Gasteiger partial charge in [-0.2, -0.15) is 5.10 Å². The topological polar surface area (TPSA) is 63.6 Å². The molecule has 0 spiro atoms. The summed E-state index contributed by atoms with van der Waals surface area (Å²) in [5, 5.41) is 4.27. The molecule has 0 aliphatic heterocycles. The maximum Gasteiger partial charge on any atom is 0.251 e. The van der Waals surface area contributed by atoms with E-state index in [2.05, 4.69) is 22.0 Å². The highest BCUT2D eigenvalue weighted by molar-refractivity contribution is 5.61. The molecule has 0 atom stereocenters. The van der Waals surface area contributed by atoms with Crippen LogP contribution in [0.4, 0.5) is 0 Å². The van der Waals surface area contributed by atoms with Crippen molar-refractivity contribution in [3.63, 3.8) is 0 Å². The van der Waals surface area contributed by atoms with Gasteiger partial charge in [-0.1, -0.05) is 37.3 Å². The van der Waals surface area contributed by atoms with Gasteiger partial charge in [0.25, 0.3) is 5.56 Å². The van der Waals surface area contributed by atoms with Crippen molar-refractivity contribution < 1.29 is 0 Å². The first-order valence-corrected chi connectivity index (χ1v) is 6.97. The number of rotatable bonds is 4. The van der Waals surface area contributed by atoms with Crippen molar-refractivity contribution in [2.75, 3.05) is 0 Å². The third-order valence-electron chi connectivity index (χ3n) is 3.21. The van der Waals surface area contributed by atoms with E-state index in [1.807, 2.05) is 41.1 Å². The van der Waals surface area contributed by atoms with Crippen LogP contribution in [-0.4, -0.2) is 19.7 Å². The molecule has 0 amide bonds. The van der Waals surface area contributed by atoms with E-state index in [9.17, 15) is 4.79 Å². The predicted octanol–water partition coefficient (Wildman–Crippen LogP) is 2.71. The van der Waals surface area contributed by atoms with E-state index in [-0.39, 0.29) is 5.56 Å². The lowest BCUT2D eigenvalue weighted by Crippen LogP contribution is -2.11. The van der Waals surface area contributed by atoms with E-state index in [0.717, 1.165) is 24.2 Å². The molecule has 1 aromatic carbocycles. The Hall–Kier alpha value is -2.69. The Labute approximate surface area is 122 Å². The van der Waals surface area contributed by atoms with E-state index in [1.165, 1.54) is 6.07 Å². The molecule has 2 aromatic heterocycles. The molecular weight excluding hydrogens is 264 g/mol. The van der Waals surface area contributed by atoms with Gasteiger partial charge in [0.2, 0.25) is 0 Å². The normalized spacial score (nSPS) is 10.7. The molecule has 21 heavy (non-hydrogen) atoms. The van der Waals surface area contributed by atoms with Gasteiger partial charge in [-0.3, -0.25) is 9.48 Å². The Balaban J connectivity index is 2.10. The summed E-state index contributed by atoms with van der Waals surface area (Å²) in [6.07, 6.45) is 2.69. The average Bonchev–Trinajstić information content (AvgIpc) is 2.96. The summed E-state index contributed by atoms with van der Waals surface area (Å²) in [6.45, 7) is 2.88. The quantitative estimate of drug-likeness (QED) is 0.799. The van der Waals surface area contributed by atoms with Crippen molar-refractivity contribution in [2.45, 2.75) is 19.9 Å². The zero-order valence-corrected chi connectivity index (χ0v) is 11.8. The van der Waals surface area contributed by atoms with Gasteiger partial charge in [0, 0.05) is 24.4 Å². The molecule has 0 radical (unpaired) electrons. The second kappa shape index (κ2) is 5.75. The minimum Gasteiger partial charge on any atom is -0.305 e. The van der Waals surface area contributed by atoms with Gasteiger partial charge in [0.15, 0.2) is 5.82 Å². The van der Waals surface area contributed by atoms with Crippen LogP contribution in [0, 0.1) is 0 Å². The van der Waals surface area contributed by atoms with E-state index in [1.54, 1.807) is 6.20 Å². The first kappa shape index (κ1) is 13.3. The zero-order chi connectivity index (χ0) is 14.7. The van der Waals surface area contributed by atoms with Gasteiger partial charge in [-0.05, 0) is 12.5 Å². The van der Waals surface area contributed by atoms with Crippen LogP contribution in [0.5, 0.6) is 0 Å². The lowest BCUT2D eigenvalue weighted by atomic mass is 10.1. The summed E-state index contributed by atoms with van der Waals surface area (Å²) in [4.78, 5) is 19.3. The predicted molar refractivity (Wildman–Crippen MR) is 81.8 cm³/mol. The number of aryl methyl sites for hydroxylation is 1. The molecule has 2 heterocycles. The minimum atomic E-state index is -0.164. The smallest absolute Gasteiger partial charge is 0.251 e. The average molecular weight is 280 g/mol. The van der Waals surface area contributed by atoms with E-state index >= 15 is 0 Å². The van der Waals surface area contributed by atoms with E-state index in [4.69, 9.17) is 0 Å². The molecule has 3 aromatic rings. The van der Waals surface area contributed by atoms with Crippen molar-refractivity contribution in [3.05, 3.63) is 59.0 Å². The number of hydrogen-bond acceptors (Lipinski definition) is 3. The van der Waals surface area contributed by atoms with Gasteiger partial charge >= 0.3 is 0 Å². The number of aromatic nitrogens is 4. The Kier molecular flexibility index (Phi) is 3.64. The van der Waals surface area contributed by atoms with E-state index < -0.39 is 0 Å². The number of nitrogens with zero attached hydrogens (tertiary/aromatic N) is 3. The Morgan fingerprint density at radius 1 is 1.19 bits per heavy atom. The number of aromatic amines is 1. The first-order valence-electron chi connectivity index (χ1n) is 6.97. The minimum absolute atomic E-state index is 0.164. The molecule has 0 unspecified atom stereocenters. The van der Waals surface area contributed by atoms with Crippen molar-refractivity contribution in [1.82, 2.24) is 19.7 Å². The molecule has 1 N–H and O–H groups in total. The fraction of sp³-hybridized carbons (Fsp3) is 0.188. The molecule has 5 heteroatoms. The highest BCUT2D eigenvalue weighted by Crippen LogP contribution is 2.19. The third-order valence-corrected chi connectivity index (χ3v) is 3.21. The maximum atomic E-state index is 11.9. The lowest BCUT2D eigenvalue weighted by Gasteiger charge is -2.07. The Morgan fingerprint density at radius 2 is 2.00 bits per heavy atom. The van der Waals surface area contributed by atoms with Gasteiger partial charge in [0.1, 0.15) is 5.69 Å². The number of nitrogens with one attached hydrogen (secondary N) is 1. The summed E-state index contributed by atoms with van der Waals surface area (Å²) in [5.74, 6) is 0.548. The SMILES string of the molecule is CCCn1nccc1-c1nc(-c2ccccc2)cc(=O)[nH]1. The van der Waals surface area contributed by atoms with Crippen LogP contribution in [0.15, 0.2) is 53.5 Å². The van der Waals surface area contributed by atoms with Crippen LogP contribution in [0.2, 0.25) is 0 Å². The fourth-order valence-corrected chi connectivity index (χ4v) is 2.26. The first-order chi connectivity index (χ1) is 10.3. The Bertz CT molecular complexity index is 789. The molecule has 0 fully saturated rings. The monoisotopic (exact) mass is 280 g/mol.